The molecule has 0 aromatic heterocycles. The Bertz CT molecular complexity index is 682. The molecule has 0 aliphatic carbocycles. The molecule has 1 aliphatic rings. The first kappa shape index (κ1) is 12.5. The molecule has 0 spiro atoms. The average Bonchev–Trinajstić information content (AvgIpc) is 2.59. The fraction of sp³-hybridized carbons (Fsp3) is 0.125. The highest BCUT2D eigenvalue weighted by Gasteiger charge is 2.19. The number of carbonyl (C=O) groups excluding carboxylic acids is 1. The lowest BCUT2D eigenvalue weighted by molar-refractivity contribution is -0.112. The van der Waals surface area contributed by atoms with Gasteiger partial charge in [0.1, 0.15) is 5.82 Å². The molecular weight excluding hydrogens is 255 g/mol. The minimum Gasteiger partial charge on any atom is -0.303 e. The highest BCUT2D eigenvalue weighted by molar-refractivity contribution is 6.33. The van der Waals surface area contributed by atoms with Crippen molar-refractivity contribution in [3.8, 4) is 0 Å². The number of anilines is 1. The summed E-state index contributed by atoms with van der Waals surface area (Å²) in [4.78, 5) is 17.9. The monoisotopic (exact) mass is 268 g/mol. The smallest absolute Gasteiger partial charge is 0.269 e. The van der Waals surface area contributed by atoms with E-state index in [-0.39, 0.29) is 11.7 Å². The van der Waals surface area contributed by atoms with Crippen molar-refractivity contribution in [2.75, 3.05) is 4.90 Å². The second kappa shape index (κ2) is 5.25. The van der Waals surface area contributed by atoms with E-state index in [1.54, 1.807) is 17.0 Å². The molecule has 2 aromatic rings. The predicted molar refractivity (Wildman–Crippen MR) is 76.2 cm³/mol. The van der Waals surface area contributed by atoms with E-state index in [0.717, 1.165) is 16.8 Å². The molecule has 1 aliphatic heterocycles. The first-order valence-corrected chi connectivity index (χ1v) is 6.38. The second-order valence-electron chi connectivity index (χ2n) is 4.65. The summed E-state index contributed by atoms with van der Waals surface area (Å²) in [6.45, 7) is 0.821. The van der Waals surface area contributed by atoms with Crippen LogP contribution in [0.25, 0.3) is 0 Å². The summed E-state index contributed by atoms with van der Waals surface area (Å²) in [6.07, 6.45) is 1.33. The first-order valence-electron chi connectivity index (χ1n) is 6.38. The largest absolute Gasteiger partial charge is 0.303 e. The van der Waals surface area contributed by atoms with E-state index in [2.05, 4.69) is 4.99 Å². The van der Waals surface area contributed by atoms with Gasteiger partial charge in [0, 0.05) is 5.69 Å². The van der Waals surface area contributed by atoms with Gasteiger partial charge in [-0.05, 0) is 29.3 Å². The lowest BCUT2D eigenvalue weighted by atomic mass is 10.1. The van der Waals surface area contributed by atoms with Gasteiger partial charge in [-0.1, -0.05) is 30.3 Å². The molecule has 20 heavy (non-hydrogen) atoms. The van der Waals surface area contributed by atoms with Gasteiger partial charge < -0.3 is 4.90 Å². The van der Waals surface area contributed by atoms with Gasteiger partial charge in [0.25, 0.3) is 5.91 Å². The molecule has 0 fully saturated rings. The summed E-state index contributed by atoms with van der Waals surface area (Å²) in [7, 11) is 0. The normalized spacial score (nSPS) is 14.1. The second-order valence-corrected chi connectivity index (χ2v) is 4.65. The summed E-state index contributed by atoms with van der Waals surface area (Å²) in [6, 6.07) is 13.9. The molecule has 4 heteroatoms. The maximum absolute atomic E-state index is 13.3. The van der Waals surface area contributed by atoms with E-state index in [4.69, 9.17) is 0 Å². The Hall–Kier alpha value is -2.49. The number of nitrogens with zero attached hydrogens (tertiary/aromatic N) is 2. The number of para-hydroxylation sites is 1. The van der Waals surface area contributed by atoms with Crippen LogP contribution < -0.4 is 4.90 Å². The Balaban J connectivity index is 1.98. The molecule has 0 bridgehead atoms. The number of amides is 1. The van der Waals surface area contributed by atoms with Crippen LogP contribution in [0.15, 0.2) is 53.5 Å². The lowest BCUT2D eigenvalue weighted by Crippen LogP contribution is -2.31. The van der Waals surface area contributed by atoms with Crippen molar-refractivity contribution in [1.29, 1.82) is 0 Å². The van der Waals surface area contributed by atoms with E-state index in [1.165, 1.54) is 18.3 Å². The van der Waals surface area contributed by atoms with E-state index < -0.39 is 0 Å². The van der Waals surface area contributed by atoms with Gasteiger partial charge in [0.05, 0.1) is 19.3 Å². The summed E-state index contributed by atoms with van der Waals surface area (Å²) in [5.74, 6) is -0.481. The maximum Gasteiger partial charge on any atom is 0.269 e. The number of halogens is 1. The minimum atomic E-state index is -0.299. The summed E-state index contributed by atoms with van der Waals surface area (Å²) >= 11 is 0. The SMILES string of the molecule is O=C1C=NCc2ccccc2N1Cc1cccc(F)c1. The van der Waals surface area contributed by atoms with E-state index in [9.17, 15) is 9.18 Å². The van der Waals surface area contributed by atoms with Gasteiger partial charge >= 0.3 is 0 Å². The topological polar surface area (TPSA) is 32.7 Å². The Morgan fingerprint density at radius 1 is 1.15 bits per heavy atom. The Morgan fingerprint density at radius 3 is 2.85 bits per heavy atom. The molecule has 0 saturated carbocycles. The van der Waals surface area contributed by atoms with Gasteiger partial charge in [0.15, 0.2) is 0 Å². The van der Waals surface area contributed by atoms with Crippen molar-refractivity contribution in [2.45, 2.75) is 13.1 Å². The number of carbonyl (C=O) groups is 1. The molecule has 3 nitrogen and oxygen atoms in total. The van der Waals surface area contributed by atoms with Gasteiger partial charge in [-0.2, -0.15) is 0 Å². The van der Waals surface area contributed by atoms with E-state index >= 15 is 0 Å². The number of hydrogen-bond acceptors (Lipinski definition) is 2. The number of benzene rings is 2. The van der Waals surface area contributed by atoms with Crippen LogP contribution in [-0.4, -0.2) is 12.1 Å². The van der Waals surface area contributed by atoms with Crippen molar-refractivity contribution < 1.29 is 9.18 Å². The Labute approximate surface area is 116 Å². The van der Waals surface area contributed by atoms with Crippen molar-refractivity contribution in [3.05, 3.63) is 65.5 Å². The first-order chi connectivity index (χ1) is 9.74. The number of rotatable bonds is 2. The third-order valence-corrected chi connectivity index (χ3v) is 3.24. The average molecular weight is 268 g/mol. The van der Waals surface area contributed by atoms with Crippen LogP contribution in [0, 0.1) is 5.82 Å². The fourth-order valence-corrected chi connectivity index (χ4v) is 2.30. The quantitative estimate of drug-likeness (QED) is 0.824. The number of fused-ring (bicyclic) bond motifs is 1. The molecule has 2 aromatic carbocycles. The maximum atomic E-state index is 13.3. The minimum absolute atomic E-state index is 0.181. The zero-order valence-corrected chi connectivity index (χ0v) is 10.8. The molecule has 1 heterocycles. The lowest BCUT2D eigenvalue weighted by Gasteiger charge is -2.22. The van der Waals surface area contributed by atoms with Crippen LogP contribution in [0.1, 0.15) is 11.1 Å². The summed E-state index contributed by atoms with van der Waals surface area (Å²) in [5, 5.41) is 0. The van der Waals surface area contributed by atoms with Crippen LogP contribution in [0.4, 0.5) is 10.1 Å². The summed E-state index contributed by atoms with van der Waals surface area (Å²) < 4.78 is 13.3. The third-order valence-electron chi connectivity index (χ3n) is 3.24. The van der Waals surface area contributed by atoms with Gasteiger partial charge in [-0.3, -0.25) is 9.79 Å². The molecule has 0 unspecified atom stereocenters. The molecular formula is C16H13FN2O. The zero-order valence-electron chi connectivity index (χ0n) is 10.8. The van der Waals surface area contributed by atoms with E-state index in [0.29, 0.717) is 13.1 Å². The van der Waals surface area contributed by atoms with Crippen molar-refractivity contribution in [2.24, 2.45) is 4.99 Å². The van der Waals surface area contributed by atoms with Crippen LogP contribution in [0.2, 0.25) is 0 Å². The zero-order chi connectivity index (χ0) is 13.9. The van der Waals surface area contributed by atoms with Gasteiger partial charge in [0.2, 0.25) is 0 Å². The highest BCUT2D eigenvalue weighted by atomic mass is 19.1. The highest BCUT2D eigenvalue weighted by Crippen LogP contribution is 2.25. The van der Waals surface area contributed by atoms with Crippen LogP contribution >= 0.6 is 0 Å². The van der Waals surface area contributed by atoms with E-state index in [1.807, 2.05) is 24.3 Å². The van der Waals surface area contributed by atoms with Crippen LogP contribution in [0.5, 0.6) is 0 Å². The molecule has 1 amide bonds. The van der Waals surface area contributed by atoms with Crippen molar-refractivity contribution in [1.82, 2.24) is 0 Å². The van der Waals surface area contributed by atoms with Crippen molar-refractivity contribution >= 4 is 17.8 Å². The molecule has 0 N–H and O–H groups in total. The molecule has 100 valence electrons. The molecule has 0 radical (unpaired) electrons. The number of hydrogen-bond donors (Lipinski definition) is 0. The molecule has 0 atom stereocenters. The fourth-order valence-electron chi connectivity index (χ4n) is 2.30. The van der Waals surface area contributed by atoms with Crippen LogP contribution in [-0.2, 0) is 17.9 Å². The molecule has 0 saturated heterocycles. The van der Waals surface area contributed by atoms with Gasteiger partial charge in [-0.15, -0.1) is 0 Å². The standard InChI is InChI=1S/C16H13FN2O/c17-14-6-3-4-12(8-14)11-19-15-7-2-1-5-13(15)9-18-10-16(19)20/h1-8,10H,9,11H2. The Morgan fingerprint density at radius 2 is 2.00 bits per heavy atom. The third kappa shape index (κ3) is 2.45. The molecule has 3 rings (SSSR count). The summed E-state index contributed by atoms with van der Waals surface area (Å²) in [5.41, 5.74) is 2.58. The van der Waals surface area contributed by atoms with Crippen LogP contribution in [0.3, 0.4) is 0 Å². The van der Waals surface area contributed by atoms with Gasteiger partial charge in [-0.25, -0.2) is 4.39 Å². The number of aliphatic imine (C=N–C) groups is 1. The Kier molecular flexibility index (Phi) is 3.29. The van der Waals surface area contributed by atoms with Crippen molar-refractivity contribution in [3.63, 3.8) is 0 Å². The predicted octanol–water partition coefficient (Wildman–Crippen LogP) is 2.94.